The molecule has 5 heteroatoms. The first-order chi connectivity index (χ1) is 9.78. The van der Waals surface area contributed by atoms with Gasteiger partial charge in [-0.3, -0.25) is 4.79 Å². The molecule has 2 aromatic rings. The summed E-state index contributed by atoms with van der Waals surface area (Å²) in [5, 5.41) is 7.16. The maximum absolute atomic E-state index is 11.7. The zero-order chi connectivity index (χ0) is 14.2. The lowest BCUT2D eigenvalue weighted by Gasteiger charge is -2.06. The molecule has 0 aliphatic carbocycles. The van der Waals surface area contributed by atoms with Crippen LogP contribution in [0, 0.1) is 0 Å². The van der Waals surface area contributed by atoms with Crippen LogP contribution in [0.3, 0.4) is 0 Å². The molecule has 0 saturated heterocycles. The van der Waals surface area contributed by atoms with E-state index in [1.807, 2.05) is 36.5 Å². The fourth-order valence-electron chi connectivity index (χ4n) is 1.75. The summed E-state index contributed by atoms with van der Waals surface area (Å²) in [4.78, 5) is 17.1. The average Bonchev–Trinajstić information content (AvgIpc) is 2.94. The number of hydrogen-bond acceptors (Lipinski definition) is 4. The van der Waals surface area contributed by atoms with E-state index >= 15 is 0 Å². The molecule has 1 amide bonds. The van der Waals surface area contributed by atoms with Crippen molar-refractivity contribution in [3.63, 3.8) is 0 Å². The highest BCUT2D eigenvalue weighted by atomic mass is 32.1. The molecule has 0 atom stereocenters. The Balaban J connectivity index is 1.65. The number of thiazole rings is 1. The first-order valence-electron chi connectivity index (χ1n) is 6.73. The van der Waals surface area contributed by atoms with Crippen LogP contribution in [-0.4, -0.2) is 17.4 Å². The van der Waals surface area contributed by atoms with E-state index < -0.39 is 0 Å². The Kier molecular flexibility index (Phi) is 5.70. The topological polar surface area (TPSA) is 54.0 Å². The van der Waals surface area contributed by atoms with Gasteiger partial charge in [-0.1, -0.05) is 37.3 Å². The molecule has 4 nitrogen and oxygen atoms in total. The molecule has 0 fully saturated rings. The highest BCUT2D eigenvalue weighted by molar-refractivity contribution is 7.11. The third-order valence-electron chi connectivity index (χ3n) is 2.82. The average molecular weight is 289 g/mol. The number of benzene rings is 1. The second-order valence-corrected chi connectivity index (χ2v) is 5.64. The Morgan fingerprint density at radius 1 is 1.25 bits per heavy atom. The van der Waals surface area contributed by atoms with Crippen LogP contribution in [-0.2, 0) is 24.3 Å². The van der Waals surface area contributed by atoms with E-state index in [1.54, 1.807) is 11.3 Å². The van der Waals surface area contributed by atoms with Gasteiger partial charge in [0, 0.05) is 24.2 Å². The van der Waals surface area contributed by atoms with Crippen LogP contribution >= 0.6 is 11.3 Å². The van der Waals surface area contributed by atoms with E-state index in [0.29, 0.717) is 19.6 Å². The van der Waals surface area contributed by atoms with Crippen LogP contribution in [0.15, 0.2) is 36.5 Å². The summed E-state index contributed by atoms with van der Waals surface area (Å²) in [5.74, 6) is 0.00841. The minimum absolute atomic E-state index is 0.00841. The number of aromatic nitrogens is 1. The van der Waals surface area contributed by atoms with Crippen molar-refractivity contribution < 1.29 is 4.79 Å². The van der Waals surface area contributed by atoms with Gasteiger partial charge in [0.25, 0.3) is 0 Å². The minimum Gasteiger partial charge on any atom is -0.351 e. The zero-order valence-electron chi connectivity index (χ0n) is 11.6. The van der Waals surface area contributed by atoms with Crippen LogP contribution in [0.5, 0.6) is 0 Å². The van der Waals surface area contributed by atoms with E-state index in [9.17, 15) is 4.79 Å². The molecule has 0 spiro atoms. The van der Waals surface area contributed by atoms with Crippen molar-refractivity contribution in [3.05, 3.63) is 52.0 Å². The van der Waals surface area contributed by atoms with Crippen molar-refractivity contribution in [2.75, 3.05) is 6.54 Å². The van der Waals surface area contributed by atoms with E-state index in [0.717, 1.165) is 21.9 Å². The molecule has 0 radical (unpaired) electrons. The highest BCUT2D eigenvalue weighted by Crippen LogP contribution is 2.12. The van der Waals surface area contributed by atoms with Crippen molar-refractivity contribution in [2.45, 2.75) is 26.4 Å². The third kappa shape index (κ3) is 4.75. The normalized spacial score (nSPS) is 10.4. The number of nitrogens with zero attached hydrogens (tertiary/aromatic N) is 1. The molecular weight excluding hydrogens is 270 g/mol. The van der Waals surface area contributed by atoms with E-state index in [1.165, 1.54) is 0 Å². The van der Waals surface area contributed by atoms with Crippen molar-refractivity contribution in [1.82, 2.24) is 15.6 Å². The fourth-order valence-corrected chi connectivity index (χ4v) is 2.58. The van der Waals surface area contributed by atoms with Gasteiger partial charge in [0.05, 0.1) is 11.6 Å². The quantitative estimate of drug-likeness (QED) is 0.821. The number of carbonyl (C=O) groups excluding carboxylic acids is 1. The number of hydrogen-bond donors (Lipinski definition) is 2. The van der Waals surface area contributed by atoms with Crippen LogP contribution in [0.1, 0.15) is 22.4 Å². The van der Waals surface area contributed by atoms with Crippen molar-refractivity contribution in [2.24, 2.45) is 0 Å². The van der Waals surface area contributed by atoms with Crippen LogP contribution in [0.2, 0.25) is 0 Å². The molecule has 106 valence electrons. The molecular formula is C15H19N3OS. The van der Waals surface area contributed by atoms with Gasteiger partial charge in [0.15, 0.2) is 0 Å². The van der Waals surface area contributed by atoms with Crippen LogP contribution in [0.25, 0.3) is 0 Å². The lowest BCUT2D eigenvalue weighted by Crippen LogP contribution is -2.33. The summed E-state index contributed by atoms with van der Waals surface area (Å²) < 4.78 is 0. The van der Waals surface area contributed by atoms with Gasteiger partial charge in [-0.15, -0.1) is 11.3 Å². The van der Waals surface area contributed by atoms with Gasteiger partial charge in [-0.2, -0.15) is 0 Å². The Hall–Kier alpha value is -1.72. The maximum Gasteiger partial charge on any atom is 0.234 e. The highest BCUT2D eigenvalue weighted by Gasteiger charge is 2.03. The largest absolute Gasteiger partial charge is 0.351 e. The molecule has 0 aliphatic rings. The van der Waals surface area contributed by atoms with Gasteiger partial charge in [0.2, 0.25) is 5.91 Å². The van der Waals surface area contributed by atoms with Gasteiger partial charge in [0.1, 0.15) is 0 Å². The van der Waals surface area contributed by atoms with Gasteiger partial charge in [-0.05, 0) is 12.0 Å². The van der Waals surface area contributed by atoms with Crippen molar-refractivity contribution in [1.29, 1.82) is 0 Å². The van der Waals surface area contributed by atoms with E-state index in [-0.39, 0.29) is 5.91 Å². The Bertz CT molecular complexity index is 539. The number of aryl methyl sites for hydroxylation is 1. The molecule has 2 rings (SSSR count). The first kappa shape index (κ1) is 14.7. The SMILES string of the molecule is CCc1ncc(CNCC(=O)NCc2ccccc2)s1. The summed E-state index contributed by atoms with van der Waals surface area (Å²) in [5.41, 5.74) is 1.11. The number of rotatable bonds is 7. The summed E-state index contributed by atoms with van der Waals surface area (Å²) >= 11 is 1.69. The van der Waals surface area contributed by atoms with E-state index in [2.05, 4.69) is 22.5 Å². The summed E-state index contributed by atoms with van der Waals surface area (Å²) in [6.07, 6.45) is 2.83. The van der Waals surface area contributed by atoms with Crippen LogP contribution < -0.4 is 10.6 Å². The predicted molar refractivity (Wildman–Crippen MR) is 81.5 cm³/mol. The fraction of sp³-hybridized carbons (Fsp3) is 0.333. The second kappa shape index (κ2) is 7.77. The molecule has 0 bridgehead atoms. The maximum atomic E-state index is 11.7. The molecule has 1 aromatic heterocycles. The first-order valence-corrected chi connectivity index (χ1v) is 7.54. The summed E-state index contributed by atoms with van der Waals surface area (Å²) in [7, 11) is 0. The van der Waals surface area contributed by atoms with E-state index in [4.69, 9.17) is 0 Å². The standard InChI is InChI=1S/C15H19N3OS/c1-2-15-18-10-13(20-15)9-16-11-14(19)17-8-12-6-4-3-5-7-12/h3-7,10,16H,2,8-9,11H2,1H3,(H,17,19). The lowest BCUT2D eigenvalue weighted by atomic mass is 10.2. The summed E-state index contributed by atoms with van der Waals surface area (Å²) in [6.45, 7) is 3.68. The van der Waals surface area contributed by atoms with Gasteiger partial charge < -0.3 is 10.6 Å². The second-order valence-electron chi connectivity index (χ2n) is 4.44. The predicted octanol–water partition coefficient (Wildman–Crippen LogP) is 2.11. The molecule has 0 aliphatic heterocycles. The Labute approximate surface area is 123 Å². The molecule has 0 saturated carbocycles. The third-order valence-corrected chi connectivity index (χ3v) is 3.96. The minimum atomic E-state index is 0.00841. The molecule has 2 N–H and O–H groups in total. The van der Waals surface area contributed by atoms with Crippen molar-refractivity contribution >= 4 is 17.2 Å². The molecule has 20 heavy (non-hydrogen) atoms. The van der Waals surface area contributed by atoms with Gasteiger partial charge in [-0.25, -0.2) is 4.98 Å². The number of carbonyl (C=O) groups is 1. The Morgan fingerprint density at radius 3 is 2.75 bits per heavy atom. The molecule has 0 unspecified atom stereocenters. The Morgan fingerprint density at radius 2 is 2.05 bits per heavy atom. The van der Waals surface area contributed by atoms with Gasteiger partial charge >= 0.3 is 0 Å². The number of amides is 1. The lowest BCUT2D eigenvalue weighted by molar-refractivity contribution is -0.120. The number of nitrogens with one attached hydrogen (secondary N) is 2. The zero-order valence-corrected chi connectivity index (χ0v) is 12.4. The molecule has 1 heterocycles. The smallest absolute Gasteiger partial charge is 0.234 e. The summed E-state index contributed by atoms with van der Waals surface area (Å²) in [6, 6.07) is 9.89. The molecule has 1 aromatic carbocycles. The monoisotopic (exact) mass is 289 g/mol. The van der Waals surface area contributed by atoms with Crippen molar-refractivity contribution in [3.8, 4) is 0 Å². The van der Waals surface area contributed by atoms with Crippen LogP contribution in [0.4, 0.5) is 0 Å².